The van der Waals surface area contributed by atoms with E-state index < -0.39 is 0 Å². The van der Waals surface area contributed by atoms with Crippen LogP contribution in [0.15, 0.2) is 0 Å². The summed E-state index contributed by atoms with van der Waals surface area (Å²) in [4.78, 5) is 13.8. The third-order valence-corrected chi connectivity index (χ3v) is 4.76. The first kappa shape index (κ1) is 14.6. The zero-order valence-electron chi connectivity index (χ0n) is 12.1. The van der Waals surface area contributed by atoms with Crippen molar-refractivity contribution in [3.63, 3.8) is 0 Å². The highest BCUT2D eigenvalue weighted by molar-refractivity contribution is 5.74. The Kier molecular flexibility index (Phi) is 5.49. The normalized spacial score (nSPS) is 29.3. The number of β-amino-alcohol motifs (C(OH)–C–C–N with tert-alkyl or cyclic N) is 1. The molecule has 2 fully saturated rings. The number of amides is 2. The first-order valence-electron chi connectivity index (χ1n) is 7.87. The third-order valence-electron chi connectivity index (χ3n) is 4.76. The van der Waals surface area contributed by atoms with E-state index in [9.17, 15) is 9.90 Å². The van der Waals surface area contributed by atoms with Gasteiger partial charge in [-0.05, 0) is 24.7 Å². The van der Waals surface area contributed by atoms with Gasteiger partial charge >= 0.3 is 6.03 Å². The van der Waals surface area contributed by atoms with E-state index in [0.29, 0.717) is 12.5 Å². The molecule has 0 aromatic heterocycles. The van der Waals surface area contributed by atoms with Crippen LogP contribution in [-0.2, 0) is 0 Å². The van der Waals surface area contributed by atoms with E-state index in [-0.39, 0.29) is 12.1 Å². The highest BCUT2D eigenvalue weighted by Gasteiger charge is 2.27. The Morgan fingerprint density at radius 3 is 2.68 bits per heavy atom. The van der Waals surface area contributed by atoms with Gasteiger partial charge in [0.25, 0.3) is 0 Å². The summed E-state index contributed by atoms with van der Waals surface area (Å²) in [5.74, 6) is 1.12. The molecular weight excluding hydrogens is 240 g/mol. The number of aliphatic hydroxyl groups excluding tert-OH is 1. The predicted molar refractivity (Wildman–Crippen MR) is 76.0 cm³/mol. The van der Waals surface area contributed by atoms with E-state index in [0.717, 1.165) is 31.8 Å². The topological polar surface area (TPSA) is 52.6 Å². The van der Waals surface area contributed by atoms with Crippen molar-refractivity contribution in [3.05, 3.63) is 0 Å². The molecule has 0 bridgehead atoms. The first-order chi connectivity index (χ1) is 9.16. The van der Waals surface area contributed by atoms with Gasteiger partial charge in [-0.15, -0.1) is 0 Å². The summed E-state index contributed by atoms with van der Waals surface area (Å²) in [5.41, 5.74) is 0. The van der Waals surface area contributed by atoms with Gasteiger partial charge in [0.2, 0.25) is 0 Å². The standard InChI is InChI=1S/C15H28N2O2/c1-12-8-10-17(11-14(12)18)15(19)16-9-7-13-5-3-2-4-6-13/h12-14,18H,2-11H2,1H3,(H,16,19). The van der Waals surface area contributed by atoms with Gasteiger partial charge in [-0.25, -0.2) is 4.79 Å². The predicted octanol–water partition coefficient (Wildman–Crippen LogP) is 2.37. The molecule has 1 saturated heterocycles. The lowest BCUT2D eigenvalue weighted by Gasteiger charge is -2.34. The van der Waals surface area contributed by atoms with Crippen LogP contribution in [0.5, 0.6) is 0 Å². The number of nitrogens with zero attached hydrogens (tertiary/aromatic N) is 1. The quantitative estimate of drug-likeness (QED) is 0.825. The molecule has 2 unspecified atom stereocenters. The average Bonchev–Trinajstić information content (AvgIpc) is 2.43. The van der Waals surface area contributed by atoms with E-state index in [4.69, 9.17) is 0 Å². The minimum Gasteiger partial charge on any atom is -0.391 e. The number of hydrogen-bond acceptors (Lipinski definition) is 2. The van der Waals surface area contributed by atoms with Crippen molar-refractivity contribution < 1.29 is 9.90 Å². The molecular formula is C15H28N2O2. The van der Waals surface area contributed by atoms with Crippen LogP contribution in [0.1, 0.15) is 51.9 Å². The number of rotatable bonds is 3. The van der Waals surface area contributed by atoms with E-state index in [1.165, 1.54) is 32.1 Å². The van der Waals surface area contributed by atoms with Gasteiger partial charge in [0.1, 0.15) is 0 Å². The summed E-state index contributed by atoms with van der Waals surface area (Å²) in [5, 5.41) is 12.8. The summed E-state index contributed by atoms with van der Waals surface area (Å²) < 4.78 is 0. The minimum absolute atomic E-state index is 0.00163. The van der Waals surface area contributed by atoms with Gasteiger partial charge in [-0.1, -0.05) is 39.0 Å². The molecule has 0 radical (unpaired) electrons. The minimum atomic E-state index is -0.363. The highest BCUT2D eigenvalue weighted by Crippen LogP contribution is 2.25. The Balaban J connectivity index is 1.63. The molecule has 2 aliphatic rings. The van der Waals surface area contributed by atoms with E-state index in [1.807, 2.05) is 6.92 Å². The zero-order valence-corrected chi connectivity index (χ0v) is 12.1. The van der Waals surface area contributed by atoms with Crippen molar-refractivity contribution in [2.75, 3.05) is 19.6 Å². The van der Waals surface area contributed by atoms with Crippen LogP contribution in [0.25, 0.3) is 0 Å². The van der Waals surface area contributed by atoms with Gasteiger partial charge < -0.3 is 15.3 Å². The second kappa shape index (κ2) is 7.13. The highest BCUT2D eigenvalue weighted by atomic mass is 16.3. The lowest BCUT2D eigenvalue weighted by molar-refractivity contribution is 0.0435. The summed E-state index contributed by atoms with van der Waals surface area (Å²) in [6, 6.07) is 0.00163. The molecule has 4 heteroatoms. The molecule has 2 atom stereocenters. The van der Waals surface area contributed by atoms with Gasteiger partial charge in [0.05, 0.1) is 6.10 Å². The first-order valence-corrected chi connectivity index (χ1v) is 7.87. The Bertz CT molecular complexity index is 290. The lowest BCUT2D eigenvalue weighted by Crippen LogP contribution is -2.49. The number of aliphatic hydroxyl groups is 1. The monoisotopic (exact) mass is 268 g/mol. The molecule has 1 aliphatic heterocycles. The molecule has 0 aromatic carbocycles. The van der Waals surface area contributed by atoms with Crippen molar-refractivity contribution in [1.29, 1.82) is 0 Å². The summed E-state index contributed by atoms with van der Waals surface area (Å²) in [7, 11) is 0. The Morgan fingerprint density at radius 1 is 1.26 bits per heavy atom. The number of likely N-dealkylation sites (tertiary alicyclic amines) is 1. The smallest absolute Gasteiger partial charge is 0.317 e. The summed E-state index contributed by atoms with van der Waals surface area (Å²) >= 11 is 0. The number of urea groups is 1. The van der Waals surface area contributed by atoms with Gasteiger partial charge in [-0.2, -0.15) is 0 Å². The van der Waals surface area contributed by atoms with Crippen molar-refractivity contribution in [2.24, 2.45) is 11.8 Å². The van der Waals surface area contributed by atoms with Crippen molar-refractivity contribution in [2.45, 2.75) is 58.0 Å². The van der Waals surface area contributed by atoms with Crippen LogP contribution < -0.4 is 5.32 Å². The molecule has 110 valence electrons. The largest absolute Gasteiger partial charge is 0.391 e. The molecule has 0 spiro atoms. The maximum Gasteiger partial charge on any atom is 0.317 e. The van der Waals surface area contributed by atoms with Crippen LogP contribution in [0.4, 0.5) is 4.79 Å². The number of hydrogen-bond donors (Lipinski definition) is 2. The fraction of sp³-hybridized carbons (Fsp3) is 0.933. The molecule has 2 amide bonds. The van der Waals surface area contributed by atoms with Gasteiger partial charge in [0.15, 0.2) is 0 Å². The van der Waals surface area contributed by atoms with Gasteiger partial charge in [0, 0.05) is 19.6 Å². The summed E-state index contributed by atoms with van der Waals surface area (Å²) in [6.45, 7) is 4.08. The van der Waals surface area contributed by atoms with Crippen molar-refractivity contribution in [3.8, 4) is 0 Å². The molecule has 0 aromatic rings. The number of carbonyl (C=O) groups is 1. The molecule has 2 N–H and O–H groups in total. The Hall–Kier alpha value is -0.770. The molecule has 1 aliphatic carbocycles. The van der Waals surface area contributed by atoms with Crippen molar-refractivity contribution in [1.82, 2.24) is 10.2 Å². The number of piperidine rings is 1. The van der Waals surface area contributed by atoms with E-state index in [1.54, 1.807) is 4.90 Å². The molecule has 1 heterocycles. The Morgan fingerprint density at radius 2 is 2.00 bits per heavy atom. The van der Waals surface area contributed by atoms with Crippen LogP contribution in [0.2, 0.25) is 0 Å². The second-order valence-corrected chi connectivity index (χ2v) is 6.30. The molecule has 1 saturated carbocycles. The summed E-state index contributed by atoms with van der Waals surface area (Å²) in [6.07, 6.45) is 8.40. The average molecular weight is 268 g/mol. The van der Waals surface area contributed by atoms with E-state index in [2.05, 4.69) is 5.32 Å². The maximum atomic E-state index is 12.0. The third kappa shape index (κ3) is 4.37. The lowest BCUT2D eigenvalue weighted by atomic mass is 9.87. The zero-order chi connectivity index (χ0) is 13.7. The number of carbonyl (C=O) groups excluding carboxylic acids is 1. The number of nitrogens with one attached hydrogen (secondary N) is 1. The Labute approximate surface area is 116 Å². The molecule has 19 heavy (non-hydrogen) atoms. The fourth-order valence-electron chi connectivity index (χ4n) is 3.20. The molecule has 2 rings (SSSR count). The van der Waals surface area contributed by atoms with Crippen LogP contribution in [0, 0.1) is 11.8 Å². The second-order valence-electron chi connectivity index (χ2n) is 6.30. The van der Waals surface area contributed by atoms with E-state index >= 15 is 0 Å². The van der Waals surface area contributed by atoms with Crippen molar-refractivity contribution >= 4 is 6.03 Å². The van der Waals surface area contributed by atoms with Gasteiger partial charge in [-0.3, -0.25) is 0 Å². The fourth-order valence-corrected chi connectivity index (χ4v) is 3.20. The van der Waals surface area contributed by atoms with Crippen LogP contribution in [0.3, 0.4) is 0 Å². The SMILES string of the molecule is CC1CCN(C(=O)NCCC2CCCCC2)CC1O. The van der Waals surface area contributed by atoms with Crippen LogP contribution >= 0.6 is 0 Å². The maximum absolute atomic E-state index is 12.0. The molecule has 4 nitrogen and oxygen atoms in total. The van der Waals surface area contributed by atoms with Crippen LogP contribution in [-0.4, -0.2) is 41.8 Å².